The standard InChI is InChI=1S/C59H55N5O9/c1-60(38-41-17-8-5-9-18-41)34-16-19-40-26-33-49-48(37-40)59(57(68)62(49)58(69)72-39-42-24-29-46(30-25-42)64(70)71)50(55(66)61-35-14-3-2-4-15-36-61)52-56(67)73-53(44-22-12-7-13-23-44)51(43-20-10-6-11-21-43)63(52)54(59)45-27-31-47(65)32-28-45/h5-13,17-18,20-33,37,50-54,65H,2-4,14-15,34-36,38-39H2,1H3. The lowest BCUT2D eigenvalue weighted by atomic mass is 9.64. The molecule has 1 spiro atoms. The van der Waals surface area contributed by atoms with Crippen molar-refractivity contribution in [3.05, 3.63) is 207 Å². The highest BCUT2D eigenvalue weighted by Crippen LogP contribution is 2.66. The molecule has 4 aliphatic rings. The Kier molecular flexibility index (Phi) is 13.9. The molecule has 0 aliphatic carbocycles. The number of carbonyl (C=O) groups excluding carboxylic acids is 4. The first-order valence-electron chi connectivity index (χ1n) is 24.8. The van der Waals surface area contributed by atoms with Gasteiger partial charge in [0.25, 0.3) is 5.69 Å². The van der Waals surface area contributed by atoms with Gasteiger partial charge in [-0.2, -0.15) is 0 Å². The number of nitro groups is 1. The predicted molar refractivity (Wildman–Crippen MR) is 273 cm³/mol. The van der Waals surface area contributed by atoms with E-state index in [-0.39, 0.29) is 23.7 Å². The number of esters is 1. The van der Waals surface area contributed by atoms with Crippen molar-refractivity contribution < 1.29 is 38.7 Å². The van der Waals surface area contributed by atoms with Crippen LogP contribution in [0.25, 0.3) is 0 Å². The molecule has 6 aromatic carbocycles. The molecule has 370 valence electrons. The summed E-state index contributed by atoms with van der Waals surface area (Å²) in [6, 6.07) is 42.9. The van der Waals surface area contributed by atoms with Crippen molar-refractivity contribution >= 4 is 35.3 Å². The topological polar surface area (TPSA) is 163 Å². The lowest BCUT2D eigenvalue weighted by molar-refractivity contribution is -0.384. The third kappa shape index (κ3) is 9.33. The second kappa shape index (κ2) is 20.9. The number of ether oxygens (including phenoxy) is 2. The van der Waals surface area contributed by atoms with Gasteiger partial charge in [0.2, 0.25) is 11.8 Å². The first-order chi connectivity index (χ1) is 35.5. The zero-order chi connectivity index (χ0) is 50.6. The number of carbonyl (C=O) groups is 4. The fraction of sp³-hybridized carbons (Fsp3) is 0.288. The number of morpholine rings is 1. The molecule has 4 aliphatic heterocycles. The van der Waals surface area contributed by atoms with Crippen LogP contribution in [0.1, 0.15) is 89.2 Å². The number of nitrogens with zero attached hydrogens (tertiary/aromatic N) is 5. The van der Waals surface area contributed by atoms with Crippen molar-refractivity contribution in [1.82, 2.24) is 14.7 Å². The number of benzene rings is 6. The van der Waals surface area contributed by atoms with Crippen LogP contribution in [-0.2, 0) is 42.4 Å². The number of rotatable bonds is 10. The molecule has 3 fully saturated rings. The number of aromatic hydroxyl groups is 1. The molecule has 4 heterocycles. The molecule has 73 heavy (non-hydrogen) atoms. The van der Waals surface area contributed by atoms with Crippen molar-refractivity contribution in [2.75, 3.05) is 31.6 Å². The maximum absolute atomic E-state index is 16.7. The SMILES string of the molecule is CN(CC#Cc1ccc2c(c1)C1(C(=O)N2C(=O)OCc2ccc([N+](=O)[O-])cc2)C(C(=O)N2CCCCCCC2)C2C(=O)OC(c3ccccc3)C(c3ccccc3)N2C1c1ccc(O)cc1)Cc1ccccc1. The van der Waals surface area contributed by atoms with Gasteiger partial charge in [-0.05, 0) is 95.7 Å². The Hall–Kier alpha value is -8.12. The summed E-state index contributed by atoms with van der Waals surface area (Å²) in [6.45, 7) is 1.51. The lowest BCUT2D eigenvalue weighted by Gasteiger charge is -2.46. The maximum Gasteiger partial charge on any atom is 0.421 e. The number of hydrogen-bond acceptors (Lipinski definition) is 11. The van der Waals surface area contributed by atoms with Crippen molar-refractivity contribution in [3.8, 4) is 17.6 Å². The van der Waals surface area contributed by atoms with E-state index in [1.807, 2.05) is 90.8 Å². The van der Waals surface area contributed by atoms with Gasteiger partial charge in [0.15, 0.2) is 0 Å². The highest BCUT2D eigenvalue weighted by molar-refractivity contribution is 6.23. The van der Waals surface area contributed by atoms with Crippen molar-refractivity contribution in [2.24, 2.45) is 5.92 Å². The van der Waals surface area contributed by atoms with Crippen LogP contribution in [-0.4, -0.2) is 81.3 Å². The molecule has 0 bridgehead atoms. The van der Waals surface area contributed by atoms with E-state index in [9.17, 15) is 20.0 Å². The molecule has 3 saturated heterocycles. The average Bonchev–Trinajstić information content (AvgIpc) is 3.89. The minimum absolute atomic E-state index is 0.0372. The Morgan fingerprint density at radius 2 is 1.40 bits per heavy atom. The molecule has 0 radical (unpaired) electrons. The van der Waals surface area contributed by atoms with Crippen LogP contribution in [0.5, 0.6) is 5.75 Å². The number of nitro benzene ring substituents is 1. The number of anilines is 1. The zero-order valence-electron chi connectivity index (χ0n) is 40.4. The second-order valence-electron chi connectivity index (χ2n) is 19.3. The molecule has 6 unspecified atom stereocenters. The fourth-order valence-corrected chi connectivity index (χ4v) is 11.4. The van der Waals surface area contributed by atoms with Crippen molar-refractivity contribution in [2.45, 2.75) is 74.9 Å². The van der Waals surface area contributed by atoms with Crippen molar-refractivity contribution in [3.63, 3.8) is 0 Å². The summed E-state index contributed by atoms with van der Waals surface area (Å²) >= 11 is 0. The Balaban J connectivity index is 1.19. The lowest BCUT2D eigenvalue weighted by Crippen LogP contribution is -2.56. The molecular formula is C59H55N5O9. The Bertz CT molecular complexity index is 3060. The van der Waals surface area contributed by atoms with E-state index in [1.54, 1.807) is 35.2 Å². The first kappa shape index (κ1) is 48.5. The van der Waals surface area contributed by atoms with E-state index in [0.717, 1.165) is 48.1 Å². The van der Waals surface area contributed by atoms with Gasteiger partial charge in [-0.3, -0.25) is 34.3 Å². The van der Waals surface area contributed by atoms with Gasteiger partial charge in [0.05, 0.1) is 35.2 Å². The number of phenolic OH excluding ortho intramolecular Hbond substituents is 1. The number of hydrogen-bond donors (Lipinski definition) is 1. The number of cyclic esters (lactones) is 1. The third-order valence-electron chi connectivity index (χ3n) is 14.7. The number of fused-ring (bicyclic) bond motifs is 3. The van der Waals surface area contributed by atoms with E-state index in [4.69, 9.17) is 9.47 Å². The quantitative estimate of drug-likeness (QED) is 0.0602. The molecular weight excluding hydrogens is 923 g/mol. The molecule has 14 nitrogen and oxygen atoms in total. The summed E-state index contributed by atoms with van der Waals surface area (Å²) in [5.74, 6) is 3.23. The molecule has 1 N–H and O–H groups in total. The van der Waals surface area contributed by atoms with Crippen molar-refractivity contribution in [1.29, 1.82) is 0 Å². The van der Waals surface area contributed by atoms with Gasteiger partial charge in [-0.1, -0.05) is 134 Å². The van der Waals surface area contributed by atoms with Gasteiger partial charge in [-0.25, -0.2) is 9.69 Å². The predicted octanol–water partition coefficient (Wildman–Crippen LogP) is 9.58. The van der Waals surface area contributed by atoms with E-state index in [1.165, 1.54) is 36.4 Å². The highest BCUT2D eigenvalue weighted by Gasteiger charge is 2.76. The third-order valence-corrected chi connectivity index (χ3v) is 14.7. The van der Waals surface area contributed by atoms with Gasteiger partial charge in [0, 0.05) is 37.3 Å². The van der Waals surface area contributed by atoms with Crippen LogP contribution >= 0.6 is 0 Å². The number of likely N-dealkylation sites (tertiary alicyclic amines) is 1. The van der Waals surface area contributed by atoms with E-state index < -0.39 is 64.4 Å². The van der Waals surface area contributed by atoms with Crippen LogP contribution in [0.4, 0.5) is 16.2 Å². The van der Waals surface area contributed by atoms with E-state index in [2.05, 4.69) is 28.9 Å². The second-order valence-corrected chi connectivity index (χ2v) is 19.3. The van der Waals surface area contributed by atoms with E-state index >= 15 is 14.4 Å². The molecule has 14 heteroatoms. The molecule has 6 atom stereocenters. The van der Waals surface area contributed by atoms with Crippen LogP contribution < -0.4 is 4.90 Å². The molecule has 10 rings (SSSR count). The molecule has 0 saturated carbocycles. The number of amides is 3. The Morgan fingerprint density at radius 1 is 0.767 bits per heavy atom. The summed E-state index contributed by atoms with van der Waals surface area (Å²) in [5, 5.41) is 22.3. The summed E-state index contributed by atoms with van der Waals surface area (Å²) in [5.41, 5.74) is 2.34. The zero-order valence-corrected chi connectivity index (χ0v) is 40.4. The smallest absolute Gasteiger partial charge is 0.421 e. The minimum Gasteiger partial charge on any atom is -0.508 e. The van der Waals surface area contributed by atoms with Crippen LogP contribution in [0.3, 0.4) is 0 Å². The van der Waals surface area contributed by atoms with Gasteiger partial charge < -0.3 is 19.5 Å². The summed E-state index contributed by atoms with van der Waals surface area (Å²) in [6.07, 6.45) is 2.32. The van der Waals surface area contributed by atoms with Crippen LogP contribution in [0, 0.1) is 27.9 Å². The first-order valence-corrected chi connectivity index (χ1v) is 24.8. The average molecular weight is 978 g/mol. The highest BCUT2D eigenvalue weighted by atomic mass is 16.6. The number of non-ortho nitro benzene ring substituents is 1. The Morgan fingerprint density at radius 3 is 2.05 bits per heavy atom. The van der Waals surface area contributed by atoms with Gasteiger partial charge >= 0.3 is 12.1 Å². The van der Waals surface area contributed by atoms with E-state index in [0.29, 0.717) is 54.0 Å². The number of phenols is 1. The summed E-state index contributed by atoms with van der Waals surface area (Å²) < 4.78 is 12.6. The summed E-state index contributed by atoms with van der Waals surface area (Å²) in [7, 11) is 1.97. The number of imide groups is 1. The molecule has 0 aromatic heterocycles. The maximum atomic E-state index is 16.7. The molecule has 3 amide bonds. The largest absolute Gasteiger partial charge is 0.508 e. The van der Waals surface area contributed by atoms with Gasteiger partial charge in [-0.15, -0.1) is 0 Å². The molecule has 6 aromatic rings. The van der Waals surface area contributed by atoms with Crippen LogP contribution in [0.15, 0.2) is 158 Å². The van der Waals surface area contributed by atoms with Gasteiger partial charge in [0.1, 0.15) is 29.9 Å². The minimum atomic E-state index is -2.03. The van der Waals surface area contributed by atoms with Crippen LogP contribution in [0.2, 0.25) is 0 Å². The normalized spacial score (nSPS) is 22.6. The monoisotopic (exact) mass is 977 g/mol. The fourth-order valence-electron chi connectivity index (χ4n) is 11.4. The summed E-state index contributed by atoms with van der Waals surface area (Å²) in [4.78, 5) is 81.1. The Labute approximate surface area is 423 Å².